The smallest absolute Gasteiger partial charge is 0.0717 e. The van der Waals surface area contributed by atoms with Crippen molar-refractivity contribution in [2.24, 2.45) is 0 Å². The molecule has 0 aliphatic heterocycles. The average Bonchev–Trinajstić information content (AvgIpc) is 2.72. The van der Waals surface area contributed by atoms with Crippen molar-refractivity contribution in [3.8, 4) is 0 Å². The highest BCUT2D eigenvalue weighted by Crippen LogP contribution is 2.06. The van der Waals surface area contributed by atoms with Crippen LogP contribution in [0.5, 0.6) is 0 Å². The fourth-order valence-electron chi connectivity index (χ4n) is 1.38. The lowest BCUT2D eigenvalue weighted by Gasteiger charge is -2.04. The second kappa shape index (κ2) is 5.82. The Balaban J connectivity index is 1.69. The largest absolute Gasteiger partial charge is 0.375 e. The summed E-state index contributed by atoms with van der Waals surface area (Å²) in [7, 11) is 0. The van der Waals surface area contributed by atoms with Crippen molar-refractivity contribution < 1.29 is 4.74 Å². The first-order chi connectivity index (χ1) is 7.84. The SMILES string of the molecule is Brc1cnn(CCOCc2ccccc2)c1. The van der Waals surface area contributed by atoms with Gasteiger partial charge in [0.05, 0.1) is 30.4 Å². The van der Waals surface area contributed by atoms with Gasteiger partial charge in [0.2, 0.25) is 0 Å². The highest BCUT2D eigenvalue weighted by molar-refractivity contribution is 9.10. The predicted molar refractivity (Wildman–Crippen MR) is 66.0 cm³/mol. The van der Waals surface area contributed by atoms with Crippen molar-refractivity contribution in [3.63, 3.8) is 0 Å². The van der Waals surface area contributed by atoms with E-state index in [1.807, 2.05) is 29.1 Å². The first-order valence-electron chi connectivity index (χ1n) is 5.14. The molecular formula is C12H13BrN2O. The monoisotopic (exact) mass is 280 g/mol. The first kappa shape index (κ1) is 11.4. The van der Waals surface area contributed by atoms with Gasteiger partial charge in [0.15, 0.2) is 0 Å². The van der Waals surface area contributed by atoms with Gasteiger partial charge in [-0.25, -0.2) is 0 Å². The highest BCUT2D eigenvalue weighted by atomic mass is 79.9. The second-order valence-corrected chi connectivity index (χ2v) is 4.38. The molecule has 84 valence electrons. The van der Waals surface area contributed by atoms with Gasteiger partial charge in [-0.15, -0.1) is 0 Å². The summed E-state index contributed by atoms with van der Waals surface area (Å²) in [5.41, 5.74) is 1.20. The third-order valence-electron chi connectivity index (χ3n) is 2.18. The molecular weight excluding hydrogens is 268 g/mol. The van der Waals surface area contributed by atoms with E-state index in [-0.39, 0.29) is 0 Å². The fourth-order valence-corrected chi connectivity index (χ4v) is 1.71. The summed E-state index contributed by atoms with van der Waals surface area (Å²) in [6, 6.07) is 10.2. The number of benzene rings is 1. The summed E-state index contributed by atoms with van der Waals surface area (Å²) in [6.45, 7) is 2.10. The maximum absolute atomic E-state index is 5.56. The van der Waals surface area contributed by atoms with E-state index >= 15 is 0 Å². The van der Waals surface area contributed by atoms with Crippen LogP contribution in [0, 0.1) is 0 Å². The predicted octanol–water partition coefficient (Wildman–Crippen LogP) is 2.86. The summed E-state index contributed by atoms with van der Waals surface area (Å²) >= 11 is 3.35. The van der Waals surface area contributed by atoms with E-state index in [9.17, 15) is 0 Å². The van der Waals surface area contributed by atoms with Crippen molar-refractivity contribution in [3.05, 3.63) is 52.8 Å². The van der Waals surface area contributed by atoms with E-state index in [0.29, 0.717) is 13.2 Å². The van der Waals surface area contributed by atoms with Crippen LogP contribution in [0.2, 0.25) is 0 Å². The van der Waals surface area contributed by atoms with E-state index in [1.165, 1.54) is 5.56 Å². The molecule has 0 fully saturated rings. The number of halogens is 1. The fraction of sp³-hybridized carbons (Fsp3) is 0.250. The topological polar surface area (TPSA) is 27.1 Å². The minimum absolute atomic E-state index is 0.656. The third-order valence-corrected chi connectivity index (χ3v) is 2.59. The van der Waals surface area contributed by atoms with Crippen LogP contribution >= 0.6 is 15.9 Å². The second-order valence-electron chi connectivity index (χ2n) is 3.46. The Morgan fingerprint density at radius 1 is 1.25 bits per heavy atom. The molecule has 0 spiro atoms. The molecule has 0 saturated carbocycles. The number of hydrogen-bond acceptors (Lipinski definition) is 2. The number of ether oxygens (including phenoxy) is 1. The van der Waals surface area contributed by atoms with Gasteiger partial charge in [0, 0.05) is 6.20 Å². The van der Waals surface area contributed by atoms with Gasteiger partial charge in [-0.2, -0.15) is 5.10 Å². The Morgan fingerprint density at radius 3 is 2.75 bits per heavy atom. The molecule has 0 bridgehead atoms. The van der Waals surface area contributed by atoms with Crippen LogP contribution in [0.4, 0.5) is 0 Å². The van der Waals surface area contributed by atoms with Crippen LogP contribution in [0.25, 0.3) is 0 Å². The molecule has 1 aromatic carbocycles. The maximum Gasteiger partial charge on any atom is 0.0717 e. The van der Waals surface area contributed by atoms with Crippen LogP contribution < -0.4 is 0 Å². The zero-order valence-corrected chi connectivity index (χ0v) is 10.4. The Bertz CT molecular complexity index is 428. The Labute approximate surface area is 103 Å². The zero-order chi connectivity index (χ0) is 11.2. The highest BCUT2D eigenvalue weighted by Gasteiger charge is 1.95. The standard InChI is InChI=1S/C12H13BrN2O/c13-12-8-14-15(9-12)6-7-16-10-11-4-2-1-3-5-11/h1-5,8-9H,6-7,10H2. The number of rotatable bonds is 5. The van der Waals surface area contributed by atoms with Crippen LogP contribution in [-0.2, 0) is 17.9 Å². The van der Waals surface area contributed by atoms with Gasteiger partial charge >= 0.3 is 0 Å². The van der Waals surface area contributed by atoms with Crippen LogP contribution in [0.1, 0.15) is 5.56 Å². The van der Waals surface area contributed by atoms with Gasteiger partial charge in [-0.3, -0.25) is 4.68 Å². The molecule has 16 heavy (non-hydrogen) atoms. The van der Waals surface area contributed by atoms with Crippen LogP contribution in [-0.4, -0.2) is 16.4 Å². The number of hydrogen-bond donors (Lipinski definition) is 0. The molecule has 0 aliphatic carbocycles. The van der Waals surface area contributed by atoms with Gasteiger partial charge in [0.1, 0.15) is 0 Å². The Hall–Kier alpha value is -1.13. The lowest BCUT2D eigenvalue weighted by molar-refractivity contribution is 0.111. The molecule has 0 radical (unpaired) electrons. The average molecular weight is 281 g/mol. The van der Waals surface area contributed by atoms with E-state index in [2.05, 4.69) is 33.2 Å². The molecule has 0 aliphatic rings. The first-order valence-corrected chi connectivity index (χ1v) is 5.93. The summed E-state index contributed by atoms with van der Waals surface area (Å²) in [4.78, 5) is 0. The molecule has 0 saturated heterocycles. The lowest BCUT2D eigenvalue weighted by atomic mass is 10.2. The number of aromatic nitrogens is 2. The van der Waals surface area contributed by atoms with Crippen molar-refractivity contribution in [2.45, 2.75) is 13.2 Å². The molecule has 0 amide bonds. The van der Waals surface area contributed by atoms with E-state index in [0.717, 1.165) is 11.0 Å². The molecule has 3 nitrogen and oxygen atoms in total. The van der Waals surface area contributed by atoms with E-state index in [4.69, 9.17) is 4.74 Å². The quantitative estimate of drug-likeness (QED) is 0.788. The maximum atomic E-state index is 5.56. The molecule has 1 aromatic heterocycles. The van der Waals surface area contributed by atoms with Gasteiger partial charge in [0.25, 0.3) is 0 Å². The molecule has 4 heteroatoms. The van der Waals surface area contributed by atoms with E-state index in [1.54, 1.807) is 6.20 Å². The molecule has 2 rings (SSSR count). The summed E-state index contributed by atoms with van der Waals surface area (Å²) in [6.07, 6.45) is 3.71. The minimum atomic E-state index is 0.656. The molecule has 0 unspecified atom stereocenters. The molecule has 0 N–H and O–H groups in total. The zero-order valence-electron chi connectivity index (χ0n) is 8.84. The minimum Gasteiger partial charge on any atom is -0.375 e. The van der Waals surface area contributed by atoms with Gasteiger partial charge < -0.3 is 4.74 Å². The van der Waals surface area contributed by atoms with E-state index < -0.39 is 0 Å². The van der Waals surface area contributed by atoms with Crippen molar-refractivity contribution in [2.75, 3.05) is 6.61 Å². The van der Waals surface area contributed by atoms with Crippen molar-refractivity contribution >= 4 is 15.9 Å². The molecule has 1 heterocycles. The molecule has 2 aromatic rings. The Morgan fingerprint density at radius 2 is 2.06 bits per heavy atom. The normalized spacial score (nSPS) is 10.6. The summed E-state index contributed by atoms with van der Waals surface area (Å²) < 4.78 is 8.41. The summed E-state index contributed by atoms with van der Waals surface area (Å²) in [5.74, 6) is 0. The Kier molecular flexibility index (Phi) is 4.13. The van der Waals surface area contributed by atoms with Crippen LogP contribution in [0.3, 0.4) is 0 Å². The van der Waals surface area contributed by atoms with Gasteiger partial charge in [-0.05, 0) is 21.5 Å². The third kappa shape index (κ3) is 3.47. The van der Waals surface area contributed by atoms with Crippen LogP contribution in [0.15, 0.2) is 47.2 Å². The molecule has 0 atom stereocenters. The lowest BCUT2D eigenvalue weighted by Crippen LogP contribution is -2.06. The van der Waals surface area contributed by atoms with Crippen molar-refractivity contribution in [1.82, 2.24) is 9.78 Å². The number of nitrogens with zero attached hydrogens (tertiary/aromatic N) is 2. The van der Waals surface area contributed by atoms with Gasteiger partial charge in [-0.1, -0.05) is 30.3 Å². The summed E-state index contributed by atoms with van der Waals surface area (Å²) in [5, 5.41) is 4.15. The van der Waals surface area contributed by atoms with Crippen molar-refractivity contribution in [1.29, 1.82) is 0 Å².